The van der Waals surface area contributed by atoms with Gasteiger partial charge in [0.15, 0.2) is 0 Å². The van der Waals surface area contributed by atoms with Gasteiger partial charge in [-0.2, -0.15) is 0 Å². The van der Waals surface area contributed by atoms with E-state index in [1.54, 1.807) is 6.07 Å². The fourth-order valence-electron chi connectivity index (χ4n) is 1.80. The fraction of sp³-hybridized carbons (Fsp3) is 0.143. The third-order valence-corrected chi connectivity index (χ3v) is 3.35. The molecule has 0 spiro atoms. The highest BCUT2D eigenvalue weighted by molar-refractivity contribution is 9.10. The first-order valence-corrected chi connectivity index (χ1v) is 6.28. The molecule has 2 aromatic carbocycles. The van der Waals surface area contributed by atoms with Crippen LogP contribution in [0, 0.1) is 0 Å². The van der Waals surface area contributed by atoms with Crippen LogP contribution in [0.2, 0.25) is 0 Å². The summed E-state index contributed by atoms with van der Waals surface area (Å²) in [6, 6.07) is 13.4. The molecule has 2 nitrogen and oxygen atoms in total. The largest absolute Gasteiger partial charge is 0.507 e. The summed E-state index contributed by atoms with van der Waals surface area (Å²) in [5, 5.41) is 9.86. The van der Waals surface area contributed by atoms with Crippen LogP contribution in [0.5, 0.6) is 5.75 Å². The van der Waals surface area contributed by atoms with E-state index in [-0.39, 0.29) is 5.75 Å². The zero-order valence-corrected chi connectivity index (χ0v) is 10.9. The van der Waals surface area contributed by atoms with Gasteiger partial charge in [0.05, 0.1) is 0 Å². The first-order valence-electron chi connectivity index (χ1n) is 5.49. The number of hydrogen-bond donors (Lipinski definition) is 2. The summed E-state index contributed by atoms with van der Waals surface area (Å²) in [4.78, 5) is 0. The maximum absolute atomic E-state index is 9.86. The Hall–Kier alpha value is -1.32. The number of phenolic OH excluding ortho intramolecular Hbond substituents is 1. The molecule has 0 aliphatic heterocycles. The van der Waals surface area contributed by atoms with E-state index in [4.69, 9.17) is 5.73 Å². The lowest BCUT2D eigenvalue weighted by Crippen LogP contribution is -2.02. The molecule has 0 saturated carbocycles. The van der Waals surface area contributed by atoms with Gasteiger partial charge >= 0.3 is 0 Å². The molecule has 0 bridgehead atoms. The predicted octanol–water partition coefficient (Wildman–Crippen LogP) is 3.32. The Bertz CT molecular complexity index is 525. The van der Waals surface area contributed by atoms with E-state index in [0.29, 0.717) is 6.54 Å². The SMILES string of the molecule is NCCc1ccc(Br)c(-c2ccccc2O)c1. The van der Waals surface area contributed by atoms with Crippen LogP contribution >= 0.6 is 15.9 Å². The highest BCUT2D eigenvalue weighted by atomic mass is 79.9. The van der Waals surface area contributed by atoms with Crippen LogP contribution in [-0.2, 0) is 6.42 Å². The minimum atomic E-state index is 0.290. The molecular formula is C14H14BrNO. The molecule has 2 rings (SSSR count). The predicted molar refractivity (Wildman–Crippen MR) is 74.0 cm³/mol. The van der Waals surface area contributed by atoms with Gasteiger partial charge in [-0.05, 0) is 42.3 Å². The molecule has 0 fully saturated rings. The minimum absolute atomic E-state index is 0.290. The van der Waals surface area contributed by atoms with E-state index in [1.807, 2.05) is 30.3 Å². The maximum Gasteiger partial charge on any atom is 0.123 e. The van der Waals surface area contributed by atoms with Gasteiger partial charge in [-0.15, -0.1) is 0 Å². The van der Waals surface area contributed by atoms with Gasteiger partial charge < -0.3 is 10.8 Å². The summed E-state index contributed by atoms with van der Waals surface area (Å²) in [5.74, 6) is 0.290. The van der Waals surface area contributed by atoms with E-state index < -0.39 is 0 Å². The third-order valence-electron chi connectivity index (χ3n) is 2.66. The molecule has 2 aromatic rings. The van der Waals surface area contributed by atoms with Gasteiger partial charge in [-0.25, -0.2) is 0 Å². The number of halogens is 1. The molecule has 0 radical (unpaired) electrons. The molecule has 0 aromatic heterocycles. The van der Waals surface area contributed by atoms with Gasteiger partial charge in [0.2, 0.25) is 0 Å². The van der Waals surface area contributed by atoms with Crippen molar-refractivity contribution in [3.63, 3.8) is 0 Å². The summed E-state index contributed by atoms with van der Waals surface area (Å²) in [5.41, 5.74) is 8.56. The van der Waals surface area contributed by atoms with Crippen LogP contribution in [0.4, 0.5) is 0 Å². The summed E-state index contributed by atoms with van der Waals surface area (Å²) in [6.07, 6.45) is 0.841. The number of phenols is 1. The summed E-state index contributed by atoms with van der Waals surface area (Å²) in [6.45, 7) is 0.627. The lowest BCUT2D eigenvalue weighted by Gasteiger charge is -2.09. The van der Waals surface area contributed by atoms with Crippen LogP contribution in [-0.4, -0.2) is 11.7 Å². The fourth-order valence-corrected chi connectivity index (χ4v) is 2.26. The lowest BCUT2D eigenvalue weighted by molar-refractivity contribution is 0.477. The van der Waals surface area contributed by atoms with Gasteiger partial charge in [0.25, 0.3) is 0 Å². The molecule has 0 aliphatic carbocycles. The second-order valence-corrected chi connectivity index (χ2v) is 4.72. The van der Waals surface area contributed by atoms with E-state index in [1.165, 1.54) is 5.56 Å². The van der Waals surface area contributed by atoms with Crippen molar-refractivity contribution in [3.8, 4) is 16.9 Å². The number of nitrogens with two attached hydrogens (primary N) is 1. The minimum Gasteiger partial charge on any atom is -0.507 e. The second kappa shape index (κ2) is 5.34. The van der Waals surface area contributed by atoms with Crippen molar-refractivity contribution in [3.05, 3.63) is 52.5 Å². The molecule has 88 valence electrons. The van der Waals surface area contributed by atoms with Crippen molar-refractivity contribution in [2.45, 2.75) is 6.42 Å². The highest BCUT2D eigenvalue weighted by Crippen LogP contribution is 2.34. The van der Waals surface area contributed by atoms with Crippen LogP contribution in [0.25, 0.3) is 11.1 Å². The smallest absolute Gasteiger partial charge is 0.123 e. The van der Waals surface area contributed by atoms with Crippen molar-refractivity contribution in [1.29, 1.82) is 0 Å². The highest BCUT2D eigenvalue weighted by Gasteiger charge is 2.08. The number of para-hydroxylation sites is 1. The first-order chi connectivity index (χ1) is 8.22. The Morgan fingerprint density at radius 3 is 2.53 bits per heavy atom. The molecule has 0 saturated heterocycles. The Kier molecular flexibility index (Phi) is 3.82. The maximum atomic E-state index is 9.86. The number of aromatic hydroxyl groups is 1. The number of rotatable bonds is 3. The summed E-state index contributed by atoms with van der Waals surface area (Å²) < 4.78 is 0.972. The normalized spacial score (nSPS) is 10.5. The molecule has 3 heteroatoms. The van der Waals surface area contributed by atoms with Crippen LogP contribution in [0.3, 0.4) is 0 Å². The van der Waals surface area contributed by atoms with Crippen LogP contribution < -0.4 is 5.73 Å². The third kappa shape index (κ3) is 2.68. The van der Waals surface area contributed by atoms with Crippen molar-refractivity contribution in [2.24, 2.45) is 5.73 Å². The monoisotopic (exact) mass is 291 g/mol. The number of hydrogen-bond acceptors (Lipinski definition) is 2. The topological polar surface area (TPSA) is 46.2 Å². The van der Waals surface area contributed by atoms with E-state index in [9.17, 15) is 5.11 Å². The Morgan fingerprint density at radius 2 is 1.82 bits per heavy atom. The van der Waals surface area contributed by atoms with Gasteiger partial charge in [-0.3, -0.25) is 0 Å². The lowest BCUT2D eigenvalue weighted by atomic mass is 10.0. The molecule has 3 N–H and O–H groups in total. The molecule has 17 heavy (non-hydrogen) atoms. The van der Waals surface area contributed by atoms with Crippen LogP contribution in [0.15, 0.2) is 46.9 Å². The van der Waals surface area contributed by atoms with Gasteiger partial charge in [-0.1, -0.05) is 40.2 Å². The Morgan fingerprint density at radius 1 is 1.06 bits per heavy atom. The van der Waals surface area contributed by atoms with Crippen molar-refractivity contribution in [1.82, 2.24) is 0 Å². The van der Waals surface area contributed by atoms with Crippen molar-refractivity contribution >= 4 is 15.9 Å². The first kappa shape index (κ1) is 12.1. The average molecular weight is 292 g/mol. The molecular weight excluding hydrogens is 278 g/mol. The van der Waals surface area contributed by atoms with Crippen molar-refractivity contribution < 1.29 is 5.11 Å². The summed E-state index contributed by atoms with van der Waals surface area (Å²) >= 11 is 3.51. The Labute approximate surface area is 109 Å². The number of benzene rings is 2. The van der Waals surface area contributed by atoms with Gasteiger partial charge in [0.1, 0.15) is 5.75 Å². The van der Waals surface area contributed by atoms with E-state index in [2.05, 4.69) is 22.0 Å². The Balaban J connectivity index is 2.51. The molecule has 0 aliphatic rings. The standard InChI is InChI=1S/C14H14BrNO/c15-13-6-5-10(7-8-16)9-12(13)11-3-1-2-4-14(11)17/h1-6,9,17H,7-8,16H2. The summed E-state index contributed by atoms with van der Waals surface area (Å²) in [7, 11) is 0. The van der Waals surface area contributed by atoms with Gasteiger partial charge in [0, 0.05) is 10.0 Å². The quantitative estimate of drug-likeness (QED) is 0.911. The van der Waals surface area contributed by atoms with E-state index >= 15 is 0 Å². The molecule has 0 heterocycles. The average Bonchev–Trinajstić information content (AvgIpc) is 2.33. The zero-order valence-electron chi connectivity index (χ0n) is 9.36. The molecule has 0 atom stereocenters. The zero-order chi connectivity index (χ0) is 12.3. The van der Waals surface area contributed by atoms with Crippen molar-refractivity contribution in [2.75, 3.05) is 6.54 Å². The molecule has 0 amide bonds. The second-order valence-electron chi connectivity index (χ2n) is 3.87. The van der Waals surface area contributed by atoms with E-state index in [0.717, 1.165) is 22.0 Å². The van der Waals surface area contributed by atoms with Crippen LogP contribution in [0.1, 0.15) is 5.56 Å². The molecule has 0 unspecified atom stereocenters.